The van der Waals surface area contributed by atoms with Gasteiger partial charge in [-0.25, -0.2) is 0 Å². The SMILES string of the molecule is CC(C)CCOc1ccc(C=Nc2cccc3c(O)cccc23)cc1. The Bertz CT molecular complexity index is 867. The standard InChI is InChI=1S/C22H23NO2/c1-16(2)13-14-25-18-11-9-17(10-12-18)15-23-21-7-3-6-20-19(21)5-4-8-22(20)24/h3-12,15-16,24H,13-14H2,1-2H3. The van der Waals surface area contributed by atoms with E-state index in [1.54, 1.807) is 6.07 Å². The maximum atomic E-state index is 9.95. The van der Waals surface area contributed by atoms with Gasteiger partial charge in [0, 0.05) is 17.0 Å². The normalized spacial score (nSPS) is 11.5. The molecule has 0 unspecified atom stereocenters. The van der Waals surface area contributed by atoms with Crippen LogP contribution in [0, 0.1) is 5.92 Å². The quantitative estimate of drug-likeness (QED) is 0.586. The van der Waals surface area contributed by atoms with E-state index in [0.717, 1.165) is 40.8 Å². The van der Waals surface area contributed by atoms with Gasteiger partial charge < -0.3 is 9.84 Å². The molecule has 3 rings (SSSR count). The smallest absolute Gasteiger partial charge is 0.123 e. The Kier molecular flexibility index (Phi) is 5.34. The lowest BCUT2D eigenvalue weighted by Crippen LogP contribution is -2.01. The van der Waals surface area contributed by atoms with E-state index in [0.29, 0.717) is 5.92 Å². The molecule has 3 heteroatoms. The molecule has 0 aromatic heterocycles. The van der Waals surface area contributed by atoms with Gasteiger partial charge in [-0.15, -0.1) is 0 Å². The zero-order chi connectivity index (χ0) is 17.6. The summed E-state index contributed by atoms with van der Waals surface area (Å²) in [5.41, 5.74) is 1.85. The molecule has 3 nitrogen and oxygen atoms in total. The van der Waals surface area contributed by atoms with Crippen molar-refractivity contribution >= 4 is 22.7 Å². The minimum absolute atomic E-state index is 0.275. The first-order valence-corrected chi connectivity index (χ1v) is 8.61. The Hall–Kier alpha value is -2.81. The van der Waals surface area contributed by atoms with Crippen molar-refractivity contribution < 1.29 is 9.84 Å². The number of fused-ring (bicyclic) bond motifs is 1. The van der Waals surface area contributed by atoms with E-state index in [2.05, 4.69) is 18.8 Å². The highest BCUT2D eigenvalue weighted by Crippen LogP contribution is 2.31. The Balaban J connectivity index is 1.73. The van der Waals surface area contributed by atoms with Crippen molar-refractivity contribution in [2.45, 2.75) is 20.3 Å². The number of hydrogen-bond donors (Lipinski definition) is 1. The molecule has 0 bridgehead atoms. The van der Waals surface area contributed by atoms with Crippen molar-refractivity contribution in [2.24, 2.45) is 10.9 Å². The van der Waals surface area contributed by atoms with Gasteiger partial charge in [-0.2, -0.15) is 0 Å². The van der Waals surface area contributed by atoms with E-state index in [9.17, 15) is 5.11 Å². The van der Waals surface area contributed by atoms with Crippen LogP contribution in [0.1, 0.15) is 25.8 Å². The molecule has 0 saturated heterocycles. The first kappa shape index (κ1) is 17.0. The van der Waals surface area contributed by atoms with Gasteiger partial charge in [-0.05, 0) is 54.3 Å². The molecular weight excluding hydrogens is 310 g/mol. The summed E-state index contributed by atoms with van der Waals surface area (Å²) in [6, 6.07) is 19.2. The highest BCUT2D eigenvalue weighted by atomic mass is 16.5. The Morgan fingerprint density at radius 3 is 2.44 bits per heavy atom. The number of benzene rings is 3. The molecule has 3 aromatic carbocycles. The monoisotopic (exact) mass is 333 g/mol. The first-order valence-electron chi connectivity index (χ1n) is 8.61. The molecule has 0 aliphatic carbocycles. The van der Waals surface area contributed by atoms with Gasteiger partial charge in [0.15, 0.2) is 0 Å². The van der Waals surface area contributed by atoms with Gasteiger partial charge in [0.25, 0.3) is 0 Å². The van der Waals surface area contributed by atoms with Gasteiger partial charge in [-0.3, -0.25) is 4.99 Å². The second-order valence-electron chi connectivity index (χ2n) is 6.51. The summed E-state index contributed by atoms with van der Waals surface area (Å²) in [5, 5.41) is 11.7. The van der Waals surface area contributed by atoms with Crippen LogP contribution in [0.4, 0.5) is 5.69 Å². The lowest BCUT2D eigenvalue weighted by molar-refractivity contribution is 0.289. The molecule has 0 radical (unpaired) electrons. The molecule has 3 aromatic rings. The average molecular weight is 333 g/mol. The molecule has 0 saturated carbocycles. The van der Waals surface area contributed by atoms with Gasteiger partial charge in [0.2, 0.25) is 0 Å². The zero-order valence-corrected chi connectivity index (χ0v) is 14.6. The Morgan fingerprint density at radius 1 is 0.960 bits per heavy atom. The predicted octanol–water partition coefficient (Wildman–Crippen LogP) is 5.72. The number of phenols is 1. The number of rotatable bonds is 6. The number of aromatic hydroxyl groups is 1. The Labute approximate surface area is 148 Å². The van der Waals surface area contributed by atoms with Crippen LogP contribution >= 0.6 is 0 Å². The lowest BCUT2D eigenvalue weighted by Gasteiger charge is -2.08. The maximum Gasteiger partial charge on any atom is 0.123 e. The van der Waals surface area contributed by atoms with Crippen molar-refractivity contribution in [1.29, 1.82) is 0 Å². The third kappa shape index (κ3) is 4.38. The molecular formula is C22H23NO2. The maximum absolute atomic E-state index is 9.95. The fourth-order valence-corrected chi connectivity index (χ4v) is 2.60. The molecule has 0 spiro atoms. The number of ether oxygens (including phenoxy) is 1. The minimum Gasteiger partial charge on any atom is -0.507 e. The molecule has 0 fully saturated rings. The minimum atomic E-state index is 0.275. The lowest BCUT2D eigenvalue weighted by atomic mass is 10.1. The molecule has 0 atom stereocenters. The predicted molar refractivity (Wildman–Crippen MR) is 104 cm³/mol. The highest BCUT2D eigenvalue weighted by Gasteiger charge is 2.02. The summed E-state index contributed by atoms with van der Waals surface area (Å²) in [6.45, 7) is 5.12. The second kappa shape index (κ2) is 7.84. The summed E-state index contributed by atoms with van der Waals surface area (Å²) in [5.74, 6) is 1.80. The molecule has 0 heterocycles. The zero-order valence-electron chi connectivity index (χ0n) is 14.6. The Morgan fingerprint density at radius 2 is 1.68 bits per heavy atom. The van der Waals surface area contributed by atoms with Crippen molar-refractivity contribution in [2.75, 3.05) is 6.61 Å². The summed E-state index contributed by atoms with van der Waals surface area (Å²) >= 11 is 0. The van der Waals surface area contributed by atoms with Crippen LogP contribution < -0.4 is 4.74 Å². The van der Waals surface area contributed by atoms with Gasteiger partial charge >= 0.3 is 0 Å². The number of phenolic OH excluding ortho intramolecular Hbond substituents is 1. The molecule has 0 aliphatic heterocycles. The van der Waals surface area contributed by atoms with Crippen molar-refractivity contribution in [3.05, 3.63) is 66.2 Å². The second-order valence-corrected chi connectivity index (χ2v) is 6.51. The molecule has 0 amide bonds. The third-order valence-corrected chi connectivity index (χ3v) is 4.07. The van der Waals surface area contributed by atoms with Crippen LogP contribution in [-0.2, 0) is 0 Å². The number of hydrogen-bond acceptors (Lipinski definition) is 3. The summed E-state index contributed by atoms with van der Waals surface area (Å²) in [4.78, 5) is 4.58. The average Bonchev–Trinajstić information content (AvgIpc) is 2.61. The molecule has 0 aliphatic rings. The fraction of sp³-hybridized carbons (Fsp3) is 0.227. The highest BCUT2D eigenvalue weighted by molar-refractivity contribution is 5.98. The van der Waals surface area contributed by atoms with Crippen molar-refractivity contribution in [1.82, 2.24) is 0 Å². The van der Waals surface area contributed by atoms with Crippen LogP contribution in [0.3, 0.4) is 0 Å². The third-order valence-electron chi connectivity index (χ3n) is 4.07. The van der Waals surface area contributed by atoms with Crippen molar-refractivity contribution in [3.63, 3.8) is 0 Å². The van der Waals surface area contributed by atoms with E-state index >= 15 is 0 Å². The molecule has 25 heavy (non-hydrogen) atoms. The van der Waals surface area contributed by atoms with Crippen LogP contribution in [0.5, 0.6) is 11.5 Å². The van der Waals surface area contributed by atoms with Crippen LogP contribution in [0.25, 0.3) is 10.8 Å². The van der Waals surface area contributed by atoms with Crippen LogP contribution in [0.2, 0.25) is 0 Å². The number of aliphatic imine (C=N–C) groups is 1. The number of nitrogens with zero attached hydrogens (tertiary/aromatic N) is 1. The summed E-state index contributed by atoms with van der Waals surface area (Å²) < 4.78 is 5.73. The van der Waals surface area contributed by atoms with Gasteiger partial charge in [-0.1, -0.05) is 38.1 Å². The van der Waals surface area contributed by atoms with Crippen LogP contribution in [0.15, 0.2) is 65.7 Å². The van der Waals surface area contributed by atoms with E-state index < -0.39 is 0 Å². The molecule has 1 N–H and O–H groups in total. The first-order chi connectivity index (χ1) is 12.1. The van der Waals surface area contributed by atoms with E-state index in [1.165, 1.54) is 0 Å². The molecule has 128 valence electrons. The van der Waals surface area contributed by atoms with E-state index in [-0.39, 0.29) is 5.75 Å². The largest absolute Gasteiger partial charge is 0.507 e. The van der Waals surface area contributed by atoms with E-state index in [4.69, 9.17) is 4.74 Å². The van der Waals surface area contributed by atoms with E-state index in [1.807, 2.05) is 60.8 Å². The topological polar surface area (TPSA) is 41.8 Å². The van der Waals surface area contributed by atoms with Gasteiger partial charge in [0.05, 0.1) is 12.3 Å². The van der Waals surface area contributed by atoms with Gasteiger partial charge in [0.1, 0.15) is 11.5 Å². The summed E-state index contributed by atoms with van der Waals surface area (Å²) in [6.07, 6.45) is 2.88. The summed E-state index contributed by atoms with van der Waals surface area (Å²) in [7, 11) is 0. The fourth-order valence-electron chi connectivity index (χ4n) is 2.60. The van der Waals surface area contributed by atoms with Crippen molar-refractivity contribution in [3.8, 4) is 11.5 Å². The van der Waals surface area contributed by atoms with Crippen LogP contribution in [-0.4, -0.2) is 17.9 Å².